The van der Waals surface area contributed by atoms with Gasteiger partial charge in [0.25, 0.3) is 11.1 Å². The third kappa shape index (κ3) is 6.01. The molecule has 162 valence electrons. The molecule has 0 atom stereocenters. The van der Waals surface area contributed by atoms with Crippen LogP contribution in [0.5, 0.6) is 0 Å². The minimum absolute atomic E-state index is 0.257. The summed E-state index contributed by atoms with van der Waals surface area (Å²) >= 11 is 0. The molecular weight excluding hydrogens is 384 g/mol. The van der Waals surface area contributed by atoms with Gasteiger partial charge in [-0.3, -0.25) is 0 Å². The summed E-state index contributed by atoms with van der Waals surface area (Å²) in [5.74, 6) is 0. The van der Waals surface area contributed by atoms with E-state index >= 15 is 0 Å². The highest BCUT2D eigenvalue weighted by atomic mass is 16.1. The number of nitrogens with zero attached hydrogens (tertiary/aromatic N) is 3. The quantitative estimate of drug-likeness (QED) is 0.725. The zero-order valence-electron chi connectivity index (χ0n) is 22.7. The highest BCUT2D eigenvalue weighted by Gasteiger charge is 2.41. The molecule has 0 radical (unpaired) electrons. The number of carbonyl (C=O) groups excluding carboxylic acids is 1. The lowest BCUT2D eigenvalue weighted by atomic mass is 9.82. The molecule has 2 aromatic carbocycles. The second-order valence-corrected chi connectivity index (χ2v) is 7.76. The van der Waals surface area contributed by atoms with Crippen molar-refractivity contribution < 1.29 is 11.6 Å². The zero-order valence-corrected chi connectivity index (χ0v) is 17.7. The average Bonchev–Trinajstić information content (AvgIpc) is 2.90. The summed E-state index contributed by atoms with van der Waals surface area (Å²) in [4.78, 5) is 17.9. The van der Waals surface area contributed by atoms with Crippen molar-refractivity contribution in [2.24, 2.45) is 0 Å². The Balaban J connectivity index is 0.000000226. The van der Waals surface area contributed by atoms with Crippen LogP contribution < -0.4 is 5.32 Å². The summed E-state index contributed by atoms with van der Waals surface area (Å²) in [5, 5.41) is 3.30. The SMILES string of the molecule is [2H]C([2H])([2H])N1CCC([N+]#[C-])(c2ccccc2)CC1.[2H]C([2H])=O.[C-]#[N+]C1(c2ccccc2)CCNCC1. The van der Waals surface area contributed by atoms with Crippen LogP contribution in [0.25, 0.3) is 9.69 Å². The van der Waals surface area contributed by atoms with Crippen molar-refractivity contribution >= 4 is 6.74 Å². The molecule has 5 heteroatoms. The van der Waals surface area contributed by atoms with Gasteiger partial charge in [0.05, 0.1) is 0 Å². The first kappa shape index (κ1) is 17.7. The summed E-state index contributed by atoms with van der Waals surface area (Å²) in [6.45, 7) is 14.3. The third-order valence-electron chi connectivity index (χ3n) is 6.07. The van der Waals surface area contributed by atoms with Crippen molar-refractivity contribution in [1.82, 2.24) is 10.2 Å². The normalized spacial score (nSPS) is 21.8. The molecule has 2 fully saturated rings. The summed E-state index contributed by atoms with van der Waals surface area (Å²) in [6.07, 6.45) is 3.03. The van der Waals surface area contributed by atoms with Crippen LogP contribution in [-0.2, 0) is 15.9 Å². The van der Waals surface area contributed by atoms with Crippen molar-refractivity contribution in [3.05, 3.63) is 94.6 Å². The monoisotopic (exact) mass is 421 g/mol. The standard InChI is InChI=1S/C13H16N2.C12H14N2.CH2O/c1-14-13(8-10-15(2)11-9-13)12-6-4-3-5-7-12;1-13-12(7-9-14-10-8-12)11-5-3-2-4-6-11;1-2/h3-7H,8-11H2,2H3;2-6,14H,7-10H2;1H2/i2D3;;1D2. The fourth-order valence-electron chi connectivity index (χ4n) is 4.14. The molecular formula is C26H32N4O. The number of carbonyl (C=O) groups is 1. The molecule has 4 rings (SSSR count). The van der Waals surface area contributed by atoms with Crippen LogP contribution >= 0.6 is 0 Å². The van der Waals surface area contributed by atoms with Gasteiger partial charge >= 0.3 is 0 Å². The lowest BCUT2D eigenvalue weighted by molar-refractivity contribution is -0.0979. The summed E-state index contributed by atoms with van der Waals surface area (Å²) in [6, 6.07) is 19.9. The first-order chi connectivity index (χ1) is 17.1. The van der Waals surface area contributed by atoms with Gasteiger partial charge in [-0.25, -0.2) is 13.1 Å². The molecule has 31 heavy (non-hydrogen) atoms. The predicted molar refractivity (Wildman–Crippen MR) is 125 cm³/mol. The number of hydrogen-bond acceptors (Lipinski definition) is 3. The molecule has 1 N–H and O–H groups in total. The van der Waals surface area contributed by atoms with E-state index in [1.165, 1.54) is 10.5 Å². The Bertz CT molecular complexity index is 1030. The van der Waals surface area contributed by atoms with Gasteiger partial charge in [0, 0.05) is 67.1 Å². The Hall–Kier alpha value is -2.99. The van der Waals surface area contributed by atoms with E-state index in [-0.39, 0.29) is 5.54 Å². The minimum atomic E-state index is -2.04. The second-order valence-electron chi connectivity index (χ2n) is 7.76. The largest absolute Gasteiger partial charge is 0.316 e. The number of benzene rings is 2. The molecule has 0 aliphatic carbocycles. The van der Waals surface area contributed by atoms with Crippen molar-refractivity contribution in [3.8, 4) is 0 Å². The van der Waals surface area contributed by atoms with Gasteiger partial charge in [-0.1, -0.05) is 60.7 Å². The smallest absolute Gasteiger partial charge is 0.260 e. The van der Waals surface area contributed by atoms with E-state index in [0.717, 1.165) is 31.5 Å². The van der Waals surface area contributed by atoms with Gasteiger partial charge in [0.2, 0.25) is 0 Å². The van der Waals surface area contributed by atoms with E-state index in [1.807, 2.05) is 48.5 Å². The van der Waals surface area contributed by atoms with E-state index < -0.39 is 19.3 Å². The predicted octanol–water partition coefficient (Wildman–Crippen LogP) is 4.53. The van der Waals surface area contributed by atoms with Crippen molar-refractivity contribution in [2.75, 3.05) is 33.2 Å². The van der Waals surface area contributed by atoms with E-state index in [2.05, 4.69) is 27.1 Å². The lowest BCUT2D eigenvalue weighted by Crippen LogP contribution is -2.38. The Morgan fingerprint density at radius 1 is 0.903 bits per heavy atom. The van der Waals surface area contributed by atoms with Gasteiger partial charge in [-0.15, -0.1) is 0 Å². The fraction of sp³-hybridized carbons (Fsp3) is 0.423. The number of nitrogens with one attached hydrogen (secondary N) is 1. The molecule has 0 bridgehead atoms. The van der Waals surface area contributed by atoms with Gasteiger partial charge < -0.3 is 24.7 Å². The van der Waals surface area contributed by atoms with Crippen molar-refractivity contribution in [3.63, 3.8) is 0 Å². The second kappa shape index (κ2) is 12.0. The maximum Gasteiger partial charge on any atom is 0.260 e. The van der Waals surface area contributed by atoms with Crippen molar-refractivity contribution in [2.45, 2.75) is 36.8 Å². The van der Waals surface area contributed by atoms with Gasteiger partial charge in [0.1, 0.15) is 9.48 Å². The third-order valence-corrected chi connectivity index (χ3v) is 6.07. The molecule has 2 aromatic rings. The molecule has 2 saturated heterocycles. The topological polar surface area (TPSA) is 41.1 Å². The maximum absolute atomic E-state index is 8.78. The van der Waals surface area contributed by atoms with Crippen LogP contribution in [0.2, 0.25) is 0 Å². The van der Waals surface area contributed by atoms with Crippen LogP contribution in [-0.4, -0.2) is 44.8 Å². The highest BCUT2D eigenvalue weighted by molar-refractivity contribution is 5.30. The van der Waals surface area contributed by atoms with E-state index in [0.29, 0.717) is 25.9 Å². The number of rotatable bonds is 2. The maximum atomic E-state index is 8.78. The molecule has 0 amide bonds. The van der Waals surface area contributed by atoms with Gasteiger partial charge in [-0.2, -0.15) is 0 Å². The zero-order chi connectivity index (χ0) is 26.7. The Morgan fingerprint density at radius 3 is 1.71 bits per heavy atom. The molecule has 2 aliphatic rings. The van der Waals surface area contributed by atoms with E-state index in [1.54, 1.807) is 0 Å². The molecule has 0 spiro atoms. The fourth-order valence-corrected chi connectivity index (χ4v) is 4.14. The summed E-state index contributed by atoms with van der Waals surface area (Å²) in [7, 11) is 0. The average molecular weight is 422 g/mol. The van der Waals surface area contributed by atoms with Gasteiger partial charge in [-0.05, 0) is 6.98 Å². The number of piperidine rings is 2. The summed E-state index contributed by atoms with van der Waals surface area (Å²) in [5.41, 5.74) is 1.39. The highest BCUT2D eigenvalue weighted by Crippen LogP contribution is 2.36. The van der Waals surface area contributed by atoms with Crippen molar-refractivity contribution in [1.29, 1.82) is 0 Å². The van der Waals surface area contributed by atoms with Crippen LogP contribution in [0.15, 0.2) is 60.7 Å². The molecule has 0 unspecified atom stereocenters. The Labute approximate surface area is 193 Å². The first-order valence-corrected chi connectivity index (χ1v) is 10.4. The minimum Gasteiger partial charge on any atom is -0.316 e. The molecule has 0 aromatic heterocycles. The number of hydrogen-bond donors (Lipinski definition) is 1. The van der Waals surface area contributed by atoms with Crippen LogP contribution in [0.3, 0.4) is 0 Å². The van der Waals surface area contributed by atoms with Crippen LogP contribution in [0, 0.1) is 13.1 Å². The molecule has 0 saturated carbocycles. The van der Waals surface area contributed by atoms with E-state index in [9.17, 15) is 0 Å². The van der Waals surface area contributed by atoms with E-state index in [4.69, 9.17) is 24.8 Å². The van der Waals surface area contributed by atoms with Gasteiger partial charge in [0.15, 0.2) is 0 Å². The molecule has 2 heterocycles. The summed E-state index contributed by atoms with van der Waals surface area (Å²) < 4.78 is 33.4. The van der Waals surface area contributed by atoms with Crippen LogP contribution in [0.1, 0.15) is 43.7 Å². The molecule has 2 aliphatic heterocycles. The first-order valence-electron chi connectivity index (χ1n) is 12.9. The molecule has 5 nitrogen and oxygen atoms in total. The Kier molecular flexibility index (Phi) is 6.84. The lowest BCUT2D eigenvalue weighted by Gasteiger charge is -2.31. The number of likely N-dealkylation sites (tertiary alicyclic amines) is 1. The van der Waals surface area contributed by atoms with Crippen LogP contribution in [0.4, 0.5) is 0 Å². The Morgan fingerprint density at radius 2 is 1.32 bits per heavy atom.